The maximum absolute atomic E-state index is 11.4. The Kier molecular flexibility index (Phi) is 5.21. The third-order valence-electron chi connectivity index (χ3n) is 2.66. The van der Waals surface area contributed by atoms with Crippen molar-refractivity contribution in [3.05, 3.63) is 54.6 Å². The average molecular weight is 229 g/mol. The second-order valence-electron chi connectivity index (χ2n) is 3.88. The summed E-state index contributed by atoms with van der Waals surface area (Å²) in [4.78, 5) is 13.0. The molecule has 2 nitrogen and oxygen atoms in total. The molecule has 1 amide bonds. The van der Waals surface area contributed by atoms with Gasteiger partial charge in [-0.05, 0) is 43.5 Å². The van der Waals surface area contributed by atoms with Crippen molar-refractivity contribution in [2.24, 2.45) is 0 Å². The van der Waals surface area contributed by atoms with Crippen LogP contribution in [-0.2, 0) is 11.2 Å². The van der Waals surface area contributed by atoms with Crippen molar-refractivity contribution in [2.45, 2.75) is 19.8 Å². The summed E-state index contributed by atoms with van der Waals surface area (Å²) >= 11 is 0. The highest BCUT2D eigenvalue weighted by molar-refractivity contribution is 6.00. The molecule has 1 aromatic rings. The molecule has 0 atom stereocenters. The molecule has 17 heavy (non-hydrogen) atoms. The minimum absolute atomic E-state index is 0.0910. The third kappa shape index (κ3) is 3.91. The highest BCUT2D eigenvalue weighted by Crippen LogP contribution is 2.15. The number of carbonyl (C=O) groups is 1. The summed E-state index contributed by atoms with van der Waals surface area (Å²) < 4.78 is 0. The van der Waals surface area contributed by atoms with Crippen molar-refractivity contribution in [3.8, 4) is 0 Å². The molecule has 2 heteroatoms. The van der Waals surface area contributed by atoms with E-state index in [4.69, 9.17) is 0 Å². The van der Waals surface area contributed by atoms with Crippen molar-refractivity contribution in [2.75, 3.05) is 11.9 Å². The van der Waals surface area contributed by atoms with Crippen molar-refractivity contribution in [1.29, 1.82) is 0 Å². The summed E-state index contributed by atoms with van der Waals surface area (Å²) in [6.45, 7) is 5.50. The number of carbonyl (C=O) groups excluding carboxylic acids is 1. The van der Waals surface area contributed by atoms with Gasteiger partial charge in [0, 0.05) is 12.7 Å². The Labute approximate surface area is 103 Å². The highest BCUT2D eigenvalue weighted by Gasteiger charge is 2.06. The molecule has 90 valence electrons. The Morgan fingerprint density at radius 2 is 2.00 bits per heavy atom. The van der Waals surface area contributed by atoms with Crippen LogP contribution < -0.4 is 4.90 Å². The number of amides is 1. The van der Waals surface area contributed by atoms with Crippen molar-refractivity contribution < 1.29 is 4.79 Å². The minimum atomic E-state index is -0.0910. The van der Waals surface area contributed by atoms with Gasteiger partial charge in [0.2, 0.25) is 5.91 Å². The summed E-state index contributed by atoms with van der Waals surface area (Å²) in [7, 11) is 1.75. The van der Waals surface area contributed by atoms with Crippen LogP contribution in [0, 0.1) is 0 Å². The van der Waals surface area contributed by atoms with Crippen LogP contribution in [0.15, 0.2) is 49.1 Å². The van der Waals surface area contributed by atoms with Crippen molar-refractivity contribution in [3.63, 3.8) is 0 Å². The molecule has 0 aliphatic heterocycles. The second-order valence-corrected chi connectivity index (χ2v) is 3.88. The molecule has 0 unspecified atom stereocenters. The lowest BCUT2D eigenvalue weighted by atomic mass is 10.1. The molecule has 0 aromatic heterocycles. The van der Waals surface area contributed by atoms with Crippen LogP contribution >= 0.6 is 0 Å². The lowest BCUT2D eigenvalue weighted by Gasteiger charge is -2.15. The van der Waals surface area contributed by atoms with Gasteiger partial charge in [-0.2, -0.15) is 0 Å². The number of rotatable bonds is 5. The summed E-state index contributed by atoms with van der Waals surface area (Å²) in [5.74, 6) is -0.0910. The zero-order valence-corrected chi connectivity index (χ0v) is 10.5. The molecule has 0 fully saturated rings. The molecule has 1 rings (SSSR count). The van der Waals surface area contributed by atoms with E-state index in [0.717, 1.165) is 18.5 Å². The summed E-state index contributed by atoms with van der Waals surface area (Å²) in [5.41, 5.74) is 2.18. The SMILES string of the molecule is C=CC(=O)N(C)c1ccc(CC/C=C/C)cc1. The summed E-state index contributed by atoms with van der Waals surface area (Å²) in [6, 6.07) is 8.05. The van der Waals surface area contributed by atoms with Gasteiger partial charge in [-0.3, -0.25) is 4.79 Å². The molecule has 0 aliphatic carbocycles. The molecule has 0 saturated heterocycles. The van der Waals surface area contributed by atoms with Gasteiger partial charge in [-0.1, -0.05) is 30.9 Å². The average Bonchev–Trinajstić information content (AvgIpc) is 2.38. The van der Waals surface area contributed by atoms with Gasteiger partial charge in [-0.25, -0.2) is 0 Å². The number of hydrogen-bond acceptors (Lipinski definition) is 1. The fourth-order valence-electron chi connectivity index (χ4n) is 1.57. The topological polar surface area (TPSA) is 20.3 Å². The van der Waals surface area contributed by atoms with Crippen LogP contribution in [0.25, 0.3) is 0 Å². The van der Waals surface area contributed by atoms with Gasteiger partial charge in [0.15, 0.2) is 0 Å². The van der Waals surface area contributed by atoms with Gasteiger partial charge >= 0.3 is 0 Å². The number of likely N-dealkylation sites (N-methyl/N-ethyl adjacent to an activating group) is 1. The molecule has 0 N–H and O–H groups in total. The molecular weight excluding hydrogens is 210 g/mol. The fourth-order valence-corrected chi connectivity index (χ4v) is 1.57. The van der Waals surface area contributed by atoms with E-state index >= 15 is 0 Å². The quantitative estimate of drug-likeness (QED) is 0.560. The molecule has 1 aromatic carbocycles. The molecule has 0 saturated carbocycles. The van der Waals surface area contributed by atoms with Crippen LogP contribution in [0.2, 0.25) is 0 Å². The maximum Gasteiger partial charge on any atom is 0.250 e. The molecule has 0 heterocycles. The molecular formula is C15H19NO. The van der Waals surface area contributed by atoms with Gasteiger partial charge < -0.3 is 4.90 Å². The molecule has 0 radical (unpaired) electrons. The first kappa shape index (κ1) is 13.2. The number of aryl methyl sites for hydroxylation is 1. The third-order valence-corrected chi connectivity index (χ3v) is 2.66. The van der Waals surface area contributed by atoms with E-state index in [0.29, 0.717) is 0 Å². The first-order valence-corrected chi connectivity index (χ1v) is 5.79. The maximum atomic E-state index is 11.4. The predicted octanol–water partition coefficient (Wildman–Crippen LogP) is 3.34. The second kappa shape index (κ2) is 6.69. The number of nitrogens with zero attached hydrogens (tertiary/aromatic N) is 1. The minimum Gasteiger partial charge on any atom is -0.312 e. The molecule has 0 aliphatic rings. The fraction of sp³-hybridized carbons (Fsp3) is 0.267. The number of hydrogen-bond donors (Lipinski definition) is 0. The zero-order chi connectivity index (χ0) is 12.7. The van der Waals surface area contributed by atoms with Gasteiger partial charge in [0.25, 0.3) is 0 Å². The standard InChI is InChI=1S/C15H19NO/c1-4-6-7-8-13-9-11-14(12-10-13)16(3)15(17)5-2/h4-6,9-12H,2,7-8H2,1,3H3/b6-4+. The number of allylic oxidation sites excluding steroid dienone is 2. The van der Waals surface area contributed by atoms with Crippen LogP contribution in [0.4, 0.5) is 5.69 Å². The highest BCUT2D eigenvalue weighted by atomic mass is 16.2. The first-order chi connectivity index (χ1) is 8.19. The Bertz CT molecular complexity index is 403. The van der Waals surface area contributed by atoms with Crippen LogP contribution in [-0.4, -0.2) is 13.0 Å². The van der Waals surface area contributed by atoms with E-state index < -0.39 is 0 Å². The summed E-state index contributed by atoms with van der Waals surface area (Å²) in [5, 5.41) is 0. The van der Waals surface area contributed by atoms with E-state index in [1.807, 2.05) is 19.1 Å². The van der Waals surface area contributed by atoms with E-state index in [2.05, 4.69) is 30.9 Å². The Morgan fingerprint density at radius 3 is 2.53 bits per heavy atom. The van der Waals surface area contributed by atoms with Crippen LogP contribution in [0.5, 0.6) is 0 Å². The van der Waals surface area contributed by atoms with E-state index in [1.165, 1.54) is 11.6 Å². The normalized spacial score (nSPS) is 10.5. The van der Waals surface area contributed by atoms with Crippen molar-refractivity contribution >= 4 is 11.6 Å². The van der Waals surface area contributed by atoms with E-state index in [1.54, 1.807) is 11.9 Å². The predicted molar refractivity (Wildman–Crippen MR) is 73.2 cm³/mol. The first-order valence-electron chi connectivity index (χ1n) is 5.79. The largest absolute Gasteiger partial charge is 0.312 e. The van der Waals surface area contributed by atoms with Gasteiger partial charge in [-0.15, -0.1) is 0 Å². The molecule has 0 spiro atoms. The smallest absolute Gasteiger partial charge is 0.250 e. The Morgan fingerprint density at radius 1 is 1.35 bits per heavy atom. The van der Waals surface area contributed by atoms with Gasteiger partial charge in [0.1, 0.15) is 0 Å². The van der Waals surface area contributed by atoms with Gasteiger partial charge in [0.05, 0.1) is 0 Å². The van der Waals surface area contributed by atoms with Crippen LogP contribution in [0.1, 0.15) is 18.9 Å². The van der Waals surface area contributed by atoms with Crippen LogP contribution in [0.3, 0.4) is 0 Å². The molecule has 0 bridgehead atoms. The van der Waals surface area contributed by atoms with Crippen molar-refractivity contribution in [1.82, 2.24) is 0 Å². The van der Waals surface area contributed by atoms with E-state index in [9.17, 15) is 4.79 Å². The Hall–Kier alpha value is -1.83. The number of benzene rings is 1. The van der Waals surface area contributed by atoms with E-state index in [-0.39, 0.29) is 5.91 Å². The monoisotopic (exact) mass is 229 g/mol. The zero-order valence-electron chi connectivity index (χ0n) is 10.5. The Balaban J connectivity index is 2.67. The lowest BCUT2D eigenvalue weighted by molar-refractivity contribution is -0.113. The summed E-state index contributed by atoms with van der Waals surface area (Å²) in [6.07, 6.45) is 7.62. The lowest BCUT2D eigenvalue weighted by Crippen LogP contribution is -2.23. The number of anilines is 1.